The van der Waals surface area contributed by atoms with Gasteiger partial charge in [-0.2, -0.15) is 0 Å². The maximum Gasteiger partial charge on any atom is 0.321 e. The van der Waals surface area contributed by atoms with E-state index in [1.165, 1.54) is 6.26 Å². The standard InChI is InChI=1S/C14H22N4O3/c1-2-5-18(11-7-15-8-11)10-13(19)17-14(20)16-9-12-4-3-6-21-12/h3-4,6,11,15H,2,5,7-10H2,1H3,(H2,16,17,19,20). The van der Waals surface area contributed by atoms with Crippen LogP contribution >= 0.6 is 0 Å². The van der Waals surface area contributed by atoms with Crippen LogP contribution in [-0.4, -0.2) is 49.1 Å². The van der Waals surface area contributed by atoms with Crippen LogP contribution in [0, 0.1) is 0 Å². The van der Waals surface area contributed by atoms with Crippen molar-refractivity contribution in [2.45, 2.75) is 25.9 Å². The monoisotopic (exact) mass is 294 g/mol. The van der Waals surface area contributed by atoms with Gasteiger partial charge in [-0.25, -0.2) is 4.79 Å². The highest BCUT2D eigenvalue weighted by Crippen LogP contribution is 2.05. The second kappa shape index (κ2) is 7.80. The second-order valence-electron chi connectivity index (χ2n) is 5.09. The van der Waals surface area contributed by atoms with Gasteiger partial charge in [0.2, 0.25) is 5.91 Å². The van der Waals surface area contributed by atoms with Gasteiger partial charge in [0.1, 0.15) is 5.76 Å². The van der Waals surface area contributed by atoms with Gasteiger partial charge >= 0.3 is 6.03 Å². The predicted molar refractivity (Wildman–Crippen MR) is 77.6 cm³/mol. The molecule has 2 heterocycles. The van der Waals surface area contributed by atoms with Crippen molar-refractivity contribution in [3.05, 3.63) is 24.2 Å². The molecular formula is C14H22N4O3. The number of carbonyl (C=O) groups excluding carboxylic acids is 2. The topological polar surface area (TPSA) is 86.6 Å². The van der Waals surface area contributed by atoms with Crippen molar-refractivity contribution in [2.24, 2.45) is 0 Å². The van der Waals surface area contributed by atoms with Gasteiger partial charge in [0.05, 0.1) is 19.4 Å². The van der Waals surface area contributed by atoms with E-state index in [0.717, 1.165) is 26.1 Å². The first-order valence-electron chi connectivity index (χ1n) is 7.24. The normalized spacial score (nSPS) is 14.8. The van der Waals surface area contributed by atoms with E-state index >= 15 is 0 Å². The highest BCUT2D eigenvalue weighted by Gasteiger charge is 2.25. The number of carbonyl (C=O) groups is 2. The SMILES string of the molecule is CCCN(CC(=O)NC(=O)NCc1ccco1)C1CNC1. The highest BCUT2D eigenvalue weighted by atomic mass is 16.3. The zero-order chi connectivity index (χ0) is 15.1. The van der Waals surface area contributed by atoms with Crippen LogP contribution in [0.5, 0.6) is 0 Å². The first-order chi connectivity index (χ1) is 10.2. The van der Waals surface area contributed by atoms with E-state index in [9.17, 15) is 9.59 Å². The lowest BCUT2D eigenvalue weighted by molar-refractivity contribution is -0.122. The quantitative estimate of drug-likeness (QED) is 0.673. The molecule has 1 aliphatic rings. The van der Waals surface area contributed by atoms with Crippen LogP contribution in [0.25, 0.3) is 0 Å². The van der Waals surface area contributed by atoms with Gasteiger partial charge in [0, 0.05) is 19.1 Å². The van der Waals surface area contributed by atoms with E-state index in [1.54, 1.807) is 12.1 Å². The van der Waals surface area contributed by atoms with Crippen LogP contribution in [-0.2, 0) is 11.3 Å². The molecule has 116 valence electrons. The molecule has 0 unspecified atom stereocenters. The van der Waals surface area contributed by atoms with Gasteiger partial charge < -0.3 is 15.1 Å². The Kier molecular flexibility index (Phi) is 5.77. The fourth-order valence-electron chi connectivity index (χ4n) is 2.18. The summed E-state index contributed by atoms with van der Waals surface area (Å²) < 4.78 is 5.10. The Labute approximate surface area is 124 Å². The van der Waals surface area contributed by atoms with Gasteiger partial charge in [0.15, 0.2) is 0 Å². The van der Waals surface area contributed by atoms with E-state index in [0.29, 0.717) is 11.8 Å². The molecule has 1 aromatic heterocycles. The summed E-state index contributed by atoms with van der Waals surface area (Å²) in [5.41, 5.74) is 0. The average Bonchev–Trinajstić information content (AvgIpc) is 2.87. The summed E-state index contributed by atoms with van der Waals surface area (Å²) >= 11 is 0. The summed E-state index contributed by atoms with van der Waals surface area (Å²) in [5.74, 6) is 0.359. The molecule has 1 aliphatic heterocycles. The molecule has 1 aromatic rings. The molecule has 0 atom stereocenters. The van der Waals surface area contributed by atoms with Crippen LogP contribution < -0.4 is 16.0 Å². The Morgan fingerprint density at radius 2 is 2.29 bits per heavy atom. The van der Waals surface area contributed by atoms with Crippen molar-refractivity contribution in [2.75, 3.05) is 26.2 Å². The zero-order valence-electron chi connectivity index (χ0n) is 12.2. The third kappa shape index (κ3) is 4.87. The molecular weight excluding hydrogens is 272 g/mol. The van der Waals surface area contributed by atoms with E-state index < -0.39 is 6.03 Å². The molecule has 3 N–H and O–H groups in total. The van der Waals surface area contributed by atoms with Crippen molar-refractivity contribution >= 4 is 11.9 Å². The minimum absolute atomic E-state index is 0.244. The van der Waals surface area contributed by atoms with Crippen LogP contribution in [0.15, 0.2) is 22.8 Å². The predicted octanol–water partition coefficient (Wildman–Crippen LogP) is 0.289. The minimum Gasteiger partial charge on any atom is -0.467 e. The van der Waals surface area contributed by atoms with Crippen molar-refractivity contribution in [1.82, 2.24) is 20.9 Å². The zero-order valence-corrected chi connectivity index (χ0v) is 12.2. The average molecular weight is 294 g/mol. The lowest BCUT2D eigenvalue weighted by Gasteiger charge is -2.37. The van der Waals surface area contributed by atoms with Crippen molar-refractivity contribution in [3.8, 4) is 0 Å². The Bertz CT molecular complexity index is 457. The molecule has 0 aromatic carbocycles. The van der Waals surface area contributed by atoms with Gasteiger partial charge in [0.25, 0.3) is 0 Å². The fourth-order valence-corrected chi connectivity index (χ4v) is 2.18. The van der Waals surface area contributed by atoms with Crippen LogP contribution in [0.3, 0.4) is 0 Å². The number of nitrogens with one attached hydrogen (secondary N) is 3. The van der Waals surface area contributed by atoms with Crippen LogP contribution in [0.1, 0.15) is 19.1 Å². The van der Waals surface area contributed by atoms with Crippen LogP contribution in [0.2, 0.25) is 0 Å². The molecule has 0 bridgehead atoms. The summed E-state index contributed by atoms with van der Waals surface area (Å²) in [4.78, 5) is 25.6. The number of hydrogen-bond acceptors (Lipinski definition) is 5. The highest BCUT2D eigenvalue weighted by molar-refractivity contribution is 5.95. The third-order valence-electron chi connectivity index (χ3n) is 3.39. The van der Waals surface area contributed by atoms with E-state index in [1.807, 2.05) is 0 Å². The fraction of sp³-hybridized carbons (Fsp3) is 0.571. The Morgan fingerprint density at radius 3 is 2.86 bits per heavy atom. The lowest BCUT2D eigenvalue weighted by Crippen LogP contribution is -2.59. The van der Waals surface area contributed by atoms with E-state index in [-0.39, 0.29) is 19.0 Å². The molecule has 0 saturated carbocycles. The van der Waals surface area contributed by atoms with Crippen molar-refractivity contribution < 1.29 is 14.0 Å². The number of imide groups is 1. The number of amides is 3. The number of furan rings is 1. The molecule has 7 nitrogen and oxygen atoms in total. The smallest absolute Gasteiger partial charge is 0.321 e. The summed E-state index contributed by atoms with van der Waals surface area (Å²) in [7, 11) is 0. The number of urea groups is 1. The maximum absolute atomic E-state index is 11.9. The first kappa shape index (κ1) is 15.5. The first-order valence-corrected chi connectivity index (χ1v) is 7.24. The summed E-state index contributed by atoms with van der Waals surface area (Å²) in [5, 5.41) is 8.11. The van der Waals surface area contributed by atoms with E-state index in [4.69, 9.17) is 4.42 Å². The molecule has 3 amide bonds. The maximum atomic E-state index is 11.9. The van der Waals surface area contributed by atoms with Crippen molar-refractivity contribution in [1.29, 1.82) is 0 Å². The molecule has 0 radical (unpaired) electrons. The van der Waals surface area contributed by atoms with E-state index in [2.05, 4.69) is 27.8 Å². The summed E-state index contributed by atoms with van der Waals surface area (Å²) in [6.07, 6.45) is 2.52. The number of hydrogen-bond donors (Lipinski definition) is 3. The van der Waals surface area contributed by atoms with Gasteiger partial charge in [-0.15, -0.1) is 0 Å². The lowest BCUT2D eigenvalue weighted by atomic mass is 10.1. The largest absolute Gasteiger partial charge is 0.467 e. The number of nitrogens with zero attached hydrogens (tertiary/aromatic N) is 1. The molecule has 21 heavy (non-hydrogen) atoms. The Balaban J connectivity index is 1.70. The Morgan fingerprint density at radius 1 is 1.48 bits per heavy atom. The van der Waals surface area contributed by atoms with Gasteiger partial charge in [-0.05, 0) is 25.1 Å². The Hall–Kier alpha value is -1.86. The molecule has 2 rings (SSSR count). The summed E-state index contributed by atoms with van der Waals surface area (Å²) in [6, 6.07) is 3.39. The summed E-state index contributed by atoms with van der Waals surface area (Å²) in [6.45, 7) is 5.24. The molecule has 7 heteroatoms. The number of rotatable bonds is 7. The molecule has 0 aliphatic carbocycles. The molecule has 1 fully saturated rings. The third-order valence-corrected chi connectivity index (χ3v) is 3.39. The second-order valence-corrected chi connectivity index (χ2v) is 5.09. The molecule has 0 spiro atoms. The van der Waals surface area contributed by atoms with Crippen LogP contribution in [0.4, 0.5) is 4.79 Å². The van der Waals surface area contributed by atoms with Gasteiger partial charge in [-0.3, -0.25) is 15.0 Å². The molecule has 1 saturated heterocycles. The minimum atomic E-state index is -0.500. The van der Waals surface area contributed by atoms with Crippen molar-refractivity contribution in [3.63, 3.8) is 0 Å². The van der Waals surface area contributed by atoms with Gasteiger partial charge in [-0.1, -0.05) is 6.92 Å².